The van der Waals surface area contributed by atoms with Crippen LogP contribution in [0.4, 0.5) is 11.4 Å². The quantitative estimate of drug-likeness (QED) is 0.456. The molecule has 0 aromatic heterocycles. The number of nitrogens with one attached hydrogen (secondary N) is 3. The summed E-state index contributed by atoms with van der Waals surface area (Å²) >= 11 is 0. The smallest absolute Gasteiger partial charge is 0.238 e. The summed E-state index contributed by atoms with van der Waals surface area (Å²) in [6.07, 6.45) is 5.97. The van der Waals surface area contributed by atoms with Crippen molar-refractivity contribution in [2.45, 2.75) is 59.8 Å². The molecule has 0 atom stereocenters. The van der Waals surface area contributed by atoms with E-state index in [9.17, 15) is 14.4 Å². The number of hydrogen-bond donors (Lipinski definition) is 3. The lowest BCUT2D eigenvalue weighted by molar-refractivity contribution is -0.125. The molecule has 3 N–H and O–H groups in total. The van der Waals surface area contributed by atoms with Crippen molar-refractivity contribution in [1.29, 1.82) is 0 Å². The van der Waals surface area contributed by atoms with Gasteiger partial charge in [-0.15, -0.1) is 0 Å². The molecular weight excluding hydrogens is 452 g/mol. The second-order valence-corrected chi connectivity index (χ2v) is 10.1. The summed E-state index contributed by atoms with van der Waals surface area (Å²) in [7, 11) is 0. The Morgan fingerprint density at radius 1 is 0.694 bits per heavy atom. The van der Waals surface area contributed by atoms with Gasteiger partial charge < -0.3 is 16.0 Å². The largest absolute Gasteiger partial charge is 0.355 e. The van der Waals surface area contributed by atoms with Crippen molar-refractivity contribution in [1.82, 2.24) is 10.2 Å². The van der Waals surface area contributed by atoms with Crippen LogP contribution in [0.2, 0.25) is 0 Å². The Bertz CT molecular complexity index is 968. The molecule has 1 aliphatic carbocycles. The summed E-state index contributed by atoms with van der Waals surface area (Å²) in [5.41, 5.74) is 5.40. The number of carbonyl (C=O) groups is 3. The number of para-hydroxylation sites is 2. The Hall–Kier alpha value is -3.19. The highest BCUT2D eigenvalue weighted by molar-refractivity contribution is 5.96. The minimum Gasteiger partial charge on any atom is -0.355 e. The number of rotatable bonds is 10. The lowest BCUT2D eigenvalue weighted by atomic mass is 9.89. The minimum absolute atomic E-state index is 0.0208. The predicted octanol–water partition coefficient (Wildman–Crippen LogP) is 4.50. The maximum absolute atomic E-state index is 12.9. The summed E-state index contributed by atoms with van der Waals surface area (Å²) in [5.74, 6) is -0.171. The van der Waals surface area contributed by atoms with Crippen LogP contribution in [0, 0.1) is 33.6 Å². The third kappa shape index (κ3) is 8.19. The van der Waals surface area contributed by atoms with E-state index in [0.717, 1.165) is 46.5 Å². The van der Waals surface area contributed by atoms with E-state index >= 15 is 0 Å². The molecule has 0 unspecified atom stereocenters. The molecule has 3 rings (SSSR count). The fraction of sp³-hybridized carbons (Fsp3) is 0.483. The number of carbonyl (C=O) groups excluding carboxylic acids is 3. The van der Waals surface area contributed by atoms with Gasteiger partial charge in [-0.05, 0) is 68.7 Å². The van der Waals surface area contributed by atoms with Crippen molar-refractivity contribution in [3.63, 3.8) is 0 Å². The number of amides is 3. The number of nitrogens with zero attached hydrogens (tertiary/aromatic N) is 1. The molecule has 7 nitrogen and oxygen atoms in total. The molecular formula is C29H40N4O3. The molecule has 0 radical (unpaired) electrons. The highest BCUT2D eigenvalue weighted by Gasteiger charge is 2.21. The zero-order valence-corrected chi connectivity index (χ0v) is 22.1. The van der Waals surface area contributed by atoms with Gasteiger partial charge >= 0.3 is 0 Å². The van der Waals surface area contributed by atoms with Crippen molar-refractivity contribution in [2.24, 2.45) is 5.92 Å². The van der Waals surface area contributed by atoms with E-state index in [1.165, 1.54) is 19.3 Å². The van der Waals surface area contributed by atoms with Gasteiger partial charge in [0.15, 0.2) is 0 Å². The number of benzene rings is 2. The van der Waals surface area contributed by atoms with Gasteiger partial charge in [0.05, 0.1) is 19.6 Å². The topological polar surface area (TPSA) is 90.5 Å². The SMILES string of the molecule is Cc1cccc(C)c1NC(=O)CN(CC(=O)NCC1CCCCC1)CC(=O)Nc1c(C)cccc1C. The van der Waals surface area contributed by atoms with Crippen LogP contribution in [0.25, 0.3) is 0 Å². The maximum Gasteiger partial charge on any atom is 0.238 e. The van der Waals surface area contributed by atoms with Crippen LogP contribution >= 0.6 is 0 Å². The van der Waals surface area contributed by atoms with Gasteiger partial charge in [0.1, 0.15) is 0 Å². The Kier molecular flexibility index (Phi) is 10.1. The van der Waals surface area contributed by atoms with Crippen molar-refractivity contribution in [3.8, 4) is 0 Å². The van der Waals surface area contributed by atoms with Gasteiger partial charge in [0.25, 0.3) is 0 Å². The van der Waals surface area contributed by atoms with Crippen molar-refractivity contribution >= 4 is 29.1 Å². The molecule has 1 fully saturated rings. The highest BCUT2D eigenvalue weighted by atomic mass is 16.2. The molecule has 36 heavy (non-hydrogen) atoms. The molecule has 1 aliphatic rings. The van der Waals surface area contributed by atoms with Gasteiger partial charge in [-0.2, -0.15) is 0 Å². The average Bonchev–Trinajstić information content (AvgIpc) is 2.83. The molecule has 2 aromatic carbocycles. The second-order valence-electron chi connectivity index (χ2n) is 10.1. The summed E-state index contributed by atoms with van der Waals surface area (Å²) < 4.78 is 0. The first kappa shape index (κ1) is 27.4. The molecule has 0 bridgehead atoms. The van der Waals surface area contributed by atoms with E-state index in [2.05, 4.69) is 16.0 Å². The first-order valence-corrected chi connectivity index (χ1v) is 12.9. The van der Waals surface area contributed by atoms with Crippen molar-refractivity contribution in [3.05, 3.63) is 58.7 Å². The Morgan fingerprint density at radius 3 is 1.56 bits per heavy atom. The highest BCUT2D eigenvalue weighted by Crippen LogP contribution is 2.23. The van der Waals surface area contributed by atoms with E-state index in [0.29, 0.717) is 12.5 Å². The van der Waals surface area contributed by atoms with Crippen LogP contribution in [0.5, 0.6) is 0 Å². The van der Waals surface area contributed by atoms with Crippen LogP contribution in [-0.2, 0) is 14.4 Å². The summed E-state index contributed by atoms with van der Waals surface area (Å²) in [4.78, 5) is 40.3. The van der Waals surface area contributed by atoms with Crippen LogP contribution < -0.4 is 16.0 Å². The standard InChI is InChI=1S/C29H40N4O3/c1-20-10-8-11-21(2)28(20)31-26(35)18-33(17-25(34)30-16-24-14-6-5-7-15-24)19-27(36)32-29-22(3)12-9-13-23(29)4/h8-13,24H,5-7,14-19H2,1-4H3,(H,30,34)(H,31,35)(H,32,36). The zero-order chi connectivity index (χ0) is 26.1. The Labute approximate surface area is 215 Å². The number of anilines is 2. The molecule has 0 aliphatic heterocycles. The van der Waals surface area contributed by atoms with Crippen LogP contribution in [0.15, 0.2) is 36.4 Å². The van der Waals surface area contributed by atoms with Gasteiger partial charge in [0, 0.05) is 17.9 Å². The lowest BCUT2D eigenvalue weighted by Crippen LogP contribution is -2.45. The first-order valence-electron chi connectivity index (χ1n) is 12.9. The predicted molar refractivity (Wildman–Crippen MR) is 145 cm³/mol. The molecule has 2 aromatic rings. The Morgan fingerprint density at radius 2 is 1.11 bits per heavy atom. The van der Waals surface area contributed by atoms with Gasteiger partial charge in [-0.25, -0.2) is 0 Å². The third-order valence-corrected chi connectivity index (χ3v) is 6.91. The van der Waals surface area contributed by atoms with Crippen molar-refractivity contribution in [2.75, 3.05) is 36.8 Å². The number of hydrogen-bond acceptors (Lipinski definition) is 4. The van der Waals surface area contributed by atoms with Crippen LogP contribution in [-0.4, -0.2) is 48.8 Å². The summed E-state index contributed by atoms with van der Waals surface area (Å²) in [5, 5.41) is 8.95. The fourth-order valence-corrected chi connectivity index (χ4v) is 4.86. The van der Waals surface area contributed by atoms with Gasteiger partial charge in [-0.1, -0.05) is 55.7 Å². The lowest BCUT2D eigenvalue weighted by Gasteiger charge is -2.24. The fourth-order valence-electron chi connectivity index (χ4n) is 4.86. The van der Waals surface area contributed by atoms with Crippen molar-refractivity contribution < 1.29 is 14.4 Å². The average molecular weight is 493 g/mol. The molecule has 194 valence electrons. The molecule has 0 heterocycles. The van der Waals surface area contributed by atoms with E-state index < -0.39 is 0 Å². The van der Waals surface area contributed by atoms with E-state index in [1.54, 1.807) is 4.90 Å². The van der Waals surface area contributed by atoms with E-state index in [4.69, 9.17) is 0 Å². The molecule has 1 saturated carbocycles. The summed E-state index contributed by atoms with van der Waals surface area (Å²) in [6, 6.07) is 11.7. The van der Waals surface area contributed by atoms with Crippen LogP contribution in [0.1, 0.15) is 54.4 Å². The summed E-state index contributed by atoms with van der Waals surface area (Å²) in [6.45, 7) is 8.26. The third-order valence-electron chi connectivity index (χ3n) is 6.91. The normalized spacial score (nSPS) is 13.9. The second kappa shape index (κ2) is 13.2. The molecule has 3 amide bonds. The van der Waals surface area contributed by atoms with E-state index in [-0.39, 0.29) is 37.4 Å². The Balaban J connectivity index is 1.65. The zero-order valence-electron chi connectivity index (χ0n) is 22.1. The molecule has 0 spiro atoms. The maximum atomic E-state index is 12.9. The minimum atomic E-state index is -0.257. The molecule has 7 heteroatoms. The van der Waals surface area contributed by atoms with E-state index in [1.807, 2.05) is 64.1 Å². The molecule has 0 saturated heterocycles. The first-order chi connectivity index (χ1) is 17.2. The van der Waals surface area contributed by atoms with Gasteiger partial charge in [-0.3, -0.25) is 19.3 Å². The van der Waals surface area contributed by atoms with Crippen LogP contribution in [0.3, 0.4) is 0 Å². The number of aryl methyl sites for hydroxylation is 4. The monoisotopic (exact) mass is 492 g/mol. The van der Waals surface area contributed by atoms with Gasteiger partial charge in [0.2, 0.25) is 17.7 Å².